The summed E-state index contributed by atoms with van der Waals surface area (Å²) in [5.41, 5.74) is 3.94. The smallest absolute Gasteiger partial charge is 0.255 e. The molecular weight excluding hydrogens is 380 g/mol. The lowest BCUT2D eigenvalue weighted by atomic mass is 9.84. The molecule has 1 aliphatic heterocycles. The van der Waals surface area contributed by atoms with E-state index in [4.69, 9.17) is 14.5 Å². The van der Waals surface area contributed by atoms with Gasteiger partial charge in [0, 0.05) is 37.6 Å². The van der Waals surface area contributed by atoms with Crippen LogP contribution in [0.3, 0.4) is 0 Å². The number of morpholine rings is 1. The van der Waals surface area contributed by atoms with Crippen molar-refractivity contribution in [2.75, 3.05) is 25.2 Å². The molecule has 5 rings (SSSR count). The summed E-state index contributed by atoms with van der Waals surface area (Å²) in [7, 11) is 3.46. The molecule has 0 bridgehead atoms. The van der Waals surface area contributed by atoms with Crippen molar-refractivity contribution >= 4 is 5.95 Å². The van der Waals surface area contributed by atoms with Gasteiger partial charge in [0.05, 0.1) is 25.5 Å². The molecule has 0 N–H and O–H groups in total. The number of aryl methyl sites for hydroxylation is 1. The van der Waals surface area contributed by atoms with Crippen LogP contribution in [0.4, 0.5) is 5.95 Å². The number of hydrogen-bond donors (Lipinski definition) is 0. The van der Waals surface area contributed by atoms with E-state index < -0.39 is 0 Å². The van der Waals surface area contributed by atoms with E-state index in [2.05, 4.69) is 22.0 Å². The second-order valence-electron chi connectivity index (χ2n) is 7.73. The quantitative estimate of drug-likeness (QED) is 0.669. The van der Waals surface area contributed by atoms with Gasteiger partial charge < -0.3 is 14.4 Å². The molecule has 1 aromatic carbocycles. The number of ether oxygens (including phenoxy) is 2. The van der Waals surface area contributed by atoms with Gasteiger partial charge in [0.25, 0.3) is 5.56 Å². The number of methoxy groups -OCH3 is 1. The molecule has 30 heavy (non-hydrogen) atoms. The van der Waals surface area contributed by atoms with Crippen LogP contribution in [0.5, 0.6) is 5.75 Å². The Hall–Kier alpha value is -3.19. The van der Waals surface area contributed by atoms with E-state index in [1.165, 1.54) is 11.1 Å². The van der Waals surface area contributed by atoms with Gasteiger partial charge in [-0.15, -0.1) is 0 Å². The van der Waals surface area contributed by atoms with Gasteiger partial charge in [-0.05, 0) is 48.2 Å². The fraction of sp³-hybridized carbons (Fsp3) is 0.348. The molecule has 1 aliphatic carbocycles. The average Bonchev–Trinajstić information content (AvgIpc) is 2.80. The van der Waals surface area contributed by atoms with Crippen molar-refractivity contribution in [3.8, 4) is 17.0 Å². The minimum absolute atomic E-state index is 0.0703. The third-order valence-electron chi connectivity index (χ3n) is 6.09. The molecule has 7 heteroatoms. The van der Waals surface area contributed by atoms with Crippen molar-refractivity contribution in [2.45, 2.75) is 25.0 Å². The summed E-state index contributed by atoms with van der Waals surface area (Å²) >= 11 is 0. The maximum Gasteiger partial charge on any atom is 0.255 e. The number of hydrogen-bond acceptors (Lipinski definition) is 6. The molecule has 3 aromatic rings. The standard InChI is InChI=1S/C23H24N4O3/c1-26-21(28)14-19(16-7-9-24-10-8-16)25-23(26)27-11-12-30-22-18-13-17(29-2)5-3-15(18)4-6-20(22)27/h3,5,7-10,13-14,20,22H,4,6,11-12H2,1-2H3. The second-order valence-corrected chi connectivity index (χ2v) is 7.73. The number of rotatable bonds is 3. The zero-order valence-corrected chi connectivity index (χ0v) is 17.1. The SMILES string of the molecule is COc1ccc2c(c1)C1OCCN(c3nc(-c4ccncc4)cc(=O)n3C)C1CC2. The predicted octanol–water partition coefficient (Wildman–Crippen LogP) is 2.74. The Bertz CT molecular complexity index is 1130. The lowest BCUT2D eigenvalue weighted by Gasteiger charge is -2.45. The van der Waals surface area contributed by atoms with Crippen LogP contribution in [0.2, 0.25) is 0 Å². The van der Waals surface area contributed by atoms with Crippen LogP contribution >= 0.6 is 0 Å². The summed E-state index contributed by atoms with van der Waals surface area (Å²) in [4.78, 5) is 23.9. The van der Waals surface area contributed by atoms with Crippen molar-refractivity contribution in [2.24, 2.45) is 7.05 Å². The largest absolute Gasteiger partial charge is 0.497 e. The average molecular weight is 404 g/mol. The molecule has 2 aromatic heterocycles. The first-order valence-corrected chi connectivity index (χ1v) is 10.2. The van der Waals surface area contributed by atoms with E-state index in [-0.39, 0.29) is 17.7 Å². The Morgan fingerprint density at radius 3 is 2.80 bits per heavy atom. The normalized spacial score (nSPS) is 20.4. The predicted molar refractivity (Wildman–Crippen MR) is 114 cm³/mol. The first-order valence-electron chi connectivity index (χ1n) is 10.2. The minimum atomic E-state index is -0.0762. The van der Waals surface area contributed by atoms with Crippen molar-refractivity contribution in [1.29, 1.82) is 0 Å². The first kappa shape index (κ1) is 18.8. The third kappa shape index (κ3) is 3.15. The highest BCUT2D eigenvalue weighted by molar-refractivity contribution is 5.60. The molecule has 154 valence electrons. The van der Waals surface area contributed by atoms with Crippen LogP contribution in [0.1, 0.15) is 23.7 Å². The topological polar surface area (TPSA) is 69.5 Å². The van der Waals surface area contributed by atoms with Crippen LogP contribution in [-0.4, -0.2) is 40.8 Å². The van der Waals surface area contributed by atoms with E-state index >= 15 is 0 Å². The Balaban J connectivity index is 1.56. The van der Waals surface area contributed by atoms with Crippen LogP contribution in [0.25, 0.3) is 11.3 Å². The van der Waals surface area contributed by atoms with Gasteiger partial charge in [-0.25, -0.2) is 4.98 Å². The number of anilines is 1. The van der Waals surface area contributed by atoms with E-state index in [0.29, 0.717) is 24.8 Å². The molecule has 0 saturated carbocycles. The molecule has 0 radical (unpaired) electrons. The number of pyridine rings is 1. The zero-order chi connectivity index (χ0) is 20.7. The second kappa shape index (κ2) is 7.57. The molecule has 3 heterocycles. The lowest BCUT2D eigenvalue weighted by Crippen LogP contribution is -2.51. The van der Waals surface area contributed by atoms with Crippen LogP contribution in [0, 0.1) is 0 Å². The van der Waals surface area contributed by atoms with Gasteiger partial charge in [0.1, 0.15) is 11.9 Å². The molecule has 7 nitrogen and oxygen atoms in total. The van der Waals surface area contributed by atoms with E-state index in [9.17, 15) is 4.79 Å². The van der Waals surface area contributed by atoms with Crippen molar-refractivity contribution in [3.63, 3.8) is 0 Å². The number of fused-ring (bicyclic) bond motifs is 3. The van der Waals surface area contributed by atoms with Gasteiger partial charge in [-0.3, -0.25) is 14.3 Å². The fourth-order valence-electron chi connectivity index (χ4n) is 4.52. The van der Waals surface area contributed by atoms with Gasteiger partial charge in [0.15, 0.2) is 0 Å². The minimum Gasteiger partial charge on any atom is -0.497 e. The van der Waals surface area contributed by atoms with E-state index in [1.54, 1.807) is 37.2 Å². The summed E-state index contributed by atoms with van der Waals surface area (Å²) in [5, 5.41) is 0. The van der Waals surface area contributed by atoms with Crippen molar-refractivity contribution in [3.05, 3.63) is 70.3 Å². The molecule has 2 atom stereocenters. The molecule has 2 unspecified atom stereocenters. The third-order valence-corrected chi connectivity index (χ3v) is 6.09. The lowest BCUT2D eigenvalue weighted by molar-refractivity contribution is 0.00164. The number of nitrogens with zero attached hydrogens (tertiary/aromatic N) is 4. The summed E-state index contributed by atoms with van der Waals surface area (Å²) in [6.07, 6.45) is 5.26. The molecule has 2 aliphatic rings. The highest BCUT2D eigenvalue weighted by atomic mass is 16.5. The number of benzene rings is 1. The fourth-order valence-corrected chi connectivity index (χ4v) is 4.52. The first-order chi connectivity index (χ1) is 14.7. The monoisotopic (exact) mass is 404 g/mol. The maximum absolute atomic E-state index is 12.8. The van der Waals surface area contributed by atoms with Gasteiger partial charge in [-0.2, -0.15) is 0 Å². The molecule has 1 fully saturated rings. The van der Waals surface area contributed by atoms with Crippen molar-refractivity contribution in [1.82, 2.24) is 14.5 Å². The highest BCUT2D eigenvalue weighted by Crippen LogP contribution is 2.40. The van der Waals surface area contributed by atoms with Crippen LogP contribution in [0.15, 0.2) is 53.6 Å². The van der Waals surface area contributed by atoms with Gasteiger partial charge in [-0.1, -0.05) is 6.07 Å². The van der Waals surface area contributed by atoms with Crippen LogP contribution < -0.4 is 15.2 Å². The molecule has 0 amide bonds. The van der Waals surface area contributed by atoms with Gasteiger partial charge >= 0.3 is 0 Å². The summed E-state index contributed by atoms with van der Waals surface area (Å²) in [6, 6.07) is 11.7. The van der Waals surface area contributed by atoms with Crippen molar-refractivity contribution < 1.29 is 9.47 Å². The molecular formula is C23H24N4O3. The highest BCUT2D eigenvalue weighted by Gasteiger charge is 2.39. The van der Waals surface area contributed by atoms with E-state index in [1.807, 2.05) is 18.2 Å². The van der Waals surface area contributed by atoms with E-state index in [0.717, 1.165) is 24.2 Å². The van der Waals surface area contributed by atoms with Gasteiger partial charge in [0.2, 0.25) is 5.95 Å². The van der Waals surface area contributed by atoms with Crippen LogP contribution in [-0.2, 0) is 18.2 Å². The Kier molecular flexibility index (Phi) is 4.75. The summed E-state index contributed by atoms with van der Waals surface area (Å²) < 4.78 is 13.3. The molecule has 1 saturated heterocycles. The summed E-state index contributed by atoms with van der Waals surface area (Å²) in [6.45, 7) is 1.27. The Morgan fingerprint density at radius 2 is 2.00 bits per heavy atom. The Morgan fingerprint density at radius 1 is 1.17 bits per heavy atom. The Labute approximate surface area is 174 Å². The zero-order valence-electron chi connectivity index (χ0n) is 17.1. The summed E-state index contributed by atoms with van der Waals surface area (Å²) in [5.74, 6) is 1.51. The maximum atomic E-state index is 12.8. The number of aromatic nitrogens is 3. The molecule has 0 spiro atoms.